The smallest absolute Gasteiger partial charge is 0.255 e. The summed E-state index contributed by atoms with van der Waals surface area (Å²) in [6, 6.07) is 21.8. The lowest BCUT2D eigenvalue weighted by molar-refractivity contribution is 0.0949. The Morgan fingerprint density at radius 1 is 1.03 bits per heavy atom. The molecule has 1 heterocycles. The maximum atomic E-state index is 13.1. The normalized spacial score (nSPS) is 10.8. The minimum Gasteiger partial charge on any atom is -0.493 e. The summed E-state index contributed by atoms with van der Waals surface area (Å²) in [4.78, 5) is 18.8. The molecule has 29 heavy (non-hydrogen) atoms. The van der Waals surface area contributed by atoms with Crippen molar-refractivity contribution in [3.63, 3.8) is 0 Å². The SMILES string of the molecule is CCOc1ccc2ccccc2c1C(=O)NCc1sc(-c2ccccc2)nc1C. The fourth-order valence-corrected chi connectivity index (χ4v) is 4.31. The molecule has 5 heteroatoms. The molecule has 0 spiro atoms. The van der Waals surface area contributed by atoms with Gasteiger partial charge in [0.25, 0.3) is 5.91 Å². The van der Waals surface area contributed by atoms with Crippen LogP contribution in [-0.4, -0.2) is 17.5 Å². The highest BCUT2D eigenvalue weighted by Gasteiger charge is 2.17. The van der Waals surface area contributed by atoms with Gasteiger partial charge in [-0.2, -0.15) is 0 Å². The highest BCUT2D eigenvalue weighted by atomic mass is 32.1. The van der Waals surface area contributed by atoms with Crippen LogP contribution in [0, 0.1) is 6.92 Å². The summed E-state index contributed by atoms with van der Waals surface area (Å²) in [5, 5.41) is 5.93. The largest absolute Gasteiger partial charge is 0.493 e. The maximum Gasteiger partial charge on any atom is 0.255 e. The summed E-state index contributed by atoms with van der Waals surface area (Å²) in [5.41, 5.74) is 2.61. The minimum atomic E-state index is -0.140. The van der Waals surface area contributed by atoms with Crippen molar-refractivity contribution < 1.29 is 9.53 Å². The highest BCUT2D eigenvalue weighted by Crippen LogP contribution is 2.30. The summed E-state index contributed by atoms with van der Waals surface area (Å²) in [7, 11) is 0. The zero-order chi connectivity index (χ0) is 20.2. The molecule has 0 aliphatic rings. The molecule has 1 N–H and O–H groups in total. The van der Waals surface area contributed by atoms with E-state index in [9.17, 15) is 4.79 Å². The predicted molar refractivity (Wildman–Crippen MR) is 119 cm³/mol. The van der Waals surface area contributed by atoms with Crippen molar-refractivity contribution in [2.75, 3.05) is 6.61 Å². The molecule has 0 aliphatic heterocycles. The Morgan fingerprint density at radius 2 is 1.79 bits per heavy atom. The number of nitrogens with zero attached hydrogens (tertiary/aromatic N) is 1. The van der Waals surface area contributed by atoms with E-state index in [0.717, 1.165) is 31.9 Å². The second-order valence-electron chi connectivity index (χ2n) is 6.67. The van der Waals surface area contributed by atoms with Crippen molar-refractivity contribution >= 4 is 28.0 Å². The molecular weight excluding hydrogens is 380 g/mol. The molecule has 0 unspecified atom stereocenters. The molecule has 1 aromatic heterocycles. The lowest BCUT2D eigenvalue weighted by atomic mass is 10.0. The first kappa shape index (κ1) is 19.2. The number of aromatic nitrogens is 1. The van der Waals surface area contributed by atoms with Crippen LogP contribution in [0.1, 0.15) is 27.9 Å². The van der Waals surface area contributed by atoms with Crippen LogP contribution >= 0.6 is 11.3 Å². The van der Waals surface area contributed by atoms with E-state index in [-0.39, 0.29) is 5.91 Å². The van der Waals surface area contributed by atoms with E-state index < -0.39 is 0 Å². The Hall–Kier alpha value is -3.18. The minimum absolute atomic E-state index is 0.140. The Kier molecular flexibility index (Phi) is 5.58. The standard InChI is InChI=1S/C24H22N2O2S/c1-3-28-20-14-13-17-9-7-8-12-19(17)22(20)23(27)25-15-21-16(2)26-24(29-21)18-10-5-4-6-11-18/h4-14H,3,15H2,1-2H3,(H,25,27). The van der Waals surface area contributed by atoms with Crippen molar-refractivity contribution in [2.24, 2.45) is 0 Å². The Labute approximate surface area is 174 Å². The van der Waals surface area contributed by atoms with Crippen molar-refractivity contribution in [3.05, 3.63) is 82.9 Å². The number of hydrogen-bond donors (Lipinski definition) is 1. The third-order valence-electron chi connectivity index (χ3n) is 4.74. The molecule has 0 fully saturated rings. The number of benzene rings is 3. The fraction of sp³-hybridized carbons (Fsp3) is 0.167. The van der Waals surface area contributed by atoms with E-state index in [1.54, 1.807) is 11.3 Å². The van der Waals surface area contributed by atoms with E-state index in [2.05, 4.69) is 10.3 Å². The van der Waals surface area contributed by atoms with Gasteiger partial charge >= 0.3 is 0 Å². The zero-order valence-electron chi connectivity index (χ0n) is 16.4. The second-order valence-corrected chi connectivity index (χ2v) is 7.75. The molecule has 4 nitrogen and oxygen atoms in total. The molecular formula is C24H22N2O2S. The van der Waals surface area contributed by atoms with Gasteiger partial charge < -0.3 is 10.1 Å². The molecule has 1 amide bonds. The molecule has 0 saturated heterocycles. The molecule has 0 atom stereocenters. The van der Waals surface area contributed by atoms with Gasteiger partial charge in [-0.15, -0.1) is 11.3 Å². The third kappa shape index (κ3) is 4.00. The monoisotopic (exact) mass is 402 g/mol. The van der Waals surface area contributed by atoms with Gasteiger partial charge in [0, 0.05) is 10.4 Å². The van der Waals surface area contributed by atoms with Gasteiger partial charge in [-0.25, -0.2) is 4.98 Å². The number of hydrogen-bond acceptors (Lipinski definition) is 4. The first-order valence-electron chi connectivity index (χ1n) is 9.62. The summed E-state index contributed by atoms with van der Waals surface area (Å²) in [6.07, 6.45) is 0. The van der Waals surface area contributed by atoms with Crippen molar-refractivity contribution in [3.8, 4) is 16.3 Å². The van der Waals surface area contributed by atoms with Gasteiger partial charge in [-0.05, 0) is 30.7 Å². The van der Waals surface area contributed by atoms with E-state index in [0.29, 0.717) is 24.5 Å². The lowest BCUT2D eigenvalue weighted by Gasteiger charge is -2.13. The number of carbonyl (C=O) groups is 1. The van der Waals surface area contributed by atoms with Gasteiger partial charge in [-0.1, -0.05) is 60.7 Å². The number of nitrogens with one attached hydrogen (secondary N) is 1. The van der Waals surface area contributed by atoms with Gasteiger partial charge in [0.15, 0.2) is 0 Å². The van der Waals surface area contributed by atoms with Crippen molar-refractivity contribution in [1.82, 2.24) is 10.3 Å². The first-order chi connectivity index (χ1) is 14.2. The summed E-state index contributed by atoms with van der Waals surface area (Å²) >= 11 is 1.61. The first-order valence-corrected chi connectivity index (χ1v) is 10.4. The van der Waals surface area contributed by atoms with Crippen LogP contribution in [0.3, 0.4) is 0 Å². The lowest BCUT2D eigenvalue weighted by Crippen LogP contribution is -2.23. The average Bonchev–Trinajstić information content (AvgIpc) is 3.13. The highest BCUT2D eigenvalue weighted by molar-refractivity contribution is 7.15. The zero-order valence-corrected chi connectivity index (χ0v) is 17.3. The molecule has 4 aromatic rings. The second kappa shape index (κ2) is 8.45. The van der Waals surface area contributed by atoms with E-state index in [1.165, 1.54) is 0 Å². The van der Waals surface area contributed by atoms with Crippen LogP contribution in [0.25, 0.3) is 21.3 Å². The summed E-state index contributed by atoms with van der Waals surface area (Å²) in [6.45, 7) is 4.84. The number of aryl methyl sites for hydroxylation is 1. The van der Waals surface area contributed by atoms with Crippen LogP contribution < -0.4 is 10.1 Å². The maximum absolute atomic E-state index is 13.1. The fourth-order valence-electron chi connectivity index (χ4n) is 3.31. The predicted octanol–water partition coefficient (Wildman–Crippen LogP) is 5.60. The Bertz CT molecular complexity index is 1150. The molecule has 0 radical (unpaired) electrons. The third-order valence-corrected chi connectivity index (χ3v) is 5.95. The summed E-state index contributed by atoms with van der Waals surface area (Å²) in [5.74, 6) is 0.467. The number of rotatable bonds is 6. The van der Waals surface area contributed by atoms with E-state index in [1.807, 2.05) is 80.6 Å². The van der Waals surface area contributed by atoms with Crippen LogP contribution in [0.2, 0.25) is 0 Å². The topological polar surface area (TPSA) is 51.2 Å². The number of fused-ring (bicyclic) bond motifs is 1. The van der Waals surface area contributed by atoms with Crippen LogP contribution in [0.4, 0.5) is 0 Å². The molecule has 4 rings (SSSR count). The van der Waals surface area contributed by atoms with E-state index >= 15 is 0 Å². The van der Waals surface area contributed by atoms with Crippen molar-refractivity contribution in [1.29, 1.82) is 0 Å². The van der Waals surface area contributed by atoms with Crippen LogP contribution in [-0.2, 0) is 6.54 Å². The molecule has 0 bridgehead atoms. The van der Waals surface area contributed by atoms with Gasteiger partial charge in [0.2, 0.25) is 0 Å². The van der Waals surface area contributed by atoms with Crippen LogP contribution in [0.15, 0.2) is 66.7 Å². The quantitative estimate of drug-likeness (QED) is 0.457. The molecule has 0 aliphatic carbocycles. The molecule has 146 valence electrons. The number of carbonyl (C=O) groups excluding carboxylic acids is 1. The Morgan fingerprint density at radius 3 is 2.59 bits per heavy atom. The molecule has 3 aromatic carbocycles. The van der Waals surface area contributed by atoms with Gasteiger partial charge in [0.1, 0.15) is 10.8 Å². The average molecular weight is 403 g/mol. The van der Waals surface area contributed by atoms with E-state index in [4.69, 9.17) is 4.74 Å². The number of ether oxygens (including phenoxy) is 1. The van der Waals surface area contributed by atoms with Crippen molar-refractivity contribution in [2.45, 2.75) is 20.4 Å². The number of amides is 1. The summed E-state index contributed by atoms with van der Waals surface area (Å²) < 4.78 is 5.73. The Balaban J connectivity index is 1.59. The number of thiazole rings is 1. The van der Waals surface area contributed by atoms with Gasteiger partial charge in [-0.3, -0.25) is 4.79 Å². The van der Waals surface area contributed by atoms with Gasteiger partial charge in [0.05, 0.1) is 24.4 Å². The molecule has 0 saturated carbocycles. The van der Waals surface area contributed by atoms with Crippen LogP contribution in [0.5, 0.6) is 5.75 Å².